The summed E-state index contributed by atoms with van der Waals surface area (Å²) in [6, 6.07) is 7.07. The summed E-state index contributed by atoms with van der Waals surface area (Å²) in [5.41, 5.74) is 0.618. The molecule has 1 heterocycles. The van der Waals surface area contributed by atoms with Crippen molar-refractivity contribution in [2.75, 3.05) is 6.61 Å². The fourth-order valence-corrected chi connectivity index (χ4v) is 3.62. The molecule has 0 aromatic heterocycles. The number of benzene rings is 1. The standard InChI is InChI=1S/C24H29NO13/c1-12(26)33-11-18-19(34-13(2)27)20(35-14(3)28)21(36-15(4)29)23(37-18)38-24(32)25-17(22(30)31)10-16-8-6-5-7-9-16/h5-9,17-21,23H,10-11H2,1-4H3,(H,25,32)(H,30,31)/t17-,18+,19-,20-,21+,23-/m0/s1. The summed E-state index contributed by atoms with van der Waals surface area (Å²) in [5.74, 6) is -4.66. The zero-order chi connectivity index (χ0) is 28.4. The Kier molecular flexibility index (Phi) is 11.0. The van der Waals surface area contributed by atoms with Crippen molar-refractivity contribution >= 4 is 35.9 Å². The molecule has 6 atom stereocenters. The highest BCUT2D eigenvalue weighted by Gasteiger charge is 2.54. The highest BCUT2D eigenvalue weighted by atomic mass is 16.8. The third-order valence-electron chi connectivity index (χ3n) is 5.04. The Bertz CT molecular complexity index is 1030. The maximum Gasteiger partial charge on any atom is 0.410 e. The summed E-state index contributed by atoms with van der Waals surface area (Å²) in [6.45, 7) is 3.70. The second-order valence-corrected chi connectivity index (χ2v) is 8.20. The number of hydrogen-bond acceptors (Lipinski definition) is 12. The quantitative estimate of drug-likeness (QED) is 0.309. The van der Waals surface area contributed by atoms with Gasteiger partial charge in [-0.05, 0) is 5.56 Å². The molecule has 1 saturated heterocycles. The SMILES string of the molecule is CC(=O)OC[C@H]1O[C@@H](OC(=O)N[C@@H](Cc2ccccc2)C(=O)O)[C@H](OC(C)=O)[C@@H](OC(C)=O)[C@H]1OC(C)=O. The van der Waals surface area contributed by atoms with Crippen molar-refractivity contribution in [3.63, 3.8) is 0 Å². The summed E-state index contributed by atoms with van der Waals surface area (Å²) in [6.07, 6.45) is -9.10. The molecule has 0 saturated carbocycles. The lowest BCUT2D eigenvalue weighted by Crippen LogP contribution is -2.63. The maximum atomic E-state index is 12.7. The summed E-state index contributed by atoms with van der Waals surface area (Å²) in [5, 5.41) is 11.7. The molecule has 1 amide bonds. The third-order valence-corrected chi connectivity index (χ3v) is 5.04. The number of hydrogen-bond donors (Lipinski definition) is 2. The van der Waals surface area contributed by atoms with Crippen molar-refractivity contribution in [1.82, 2.24) is 5.32 Å². The molecule has 0 spiro atoms. The van der Waals surface area contributed by atoms with Crippen LogP contribution in [0.15, 0.2) is 30.3 Å². The largest absolute Gasteiger partial charge is 0.480 e. The molecule has 14 nitrogen and oxygen atoms in total. The first kappa shape index (κ1) is 30.0. The van der Waals surface area contributed by atoms with E-state index < -0.39 is 79.3 Å². The number of carbonyl (C=O) groups excluding carboxylic acids is 5. The average Bonchev–Trinajstić information content (AvgIpc) is 2.81. The van der Waals surface area contributed by atoms with Crippen LogP contribution in [0.2, 0.25) is 0 Å². The van der Waals surface area contributed by atoms with E-state index in [1.165, 1.54) is 0 Å². The van der Waals surface area contributed by atoms with Crippen molar-refractivity contribution in [3.05, 3.63) is 35.9 Å². The first-order chi connectivity index (χ1) is 17.9. The van der Waals surface area contributed by atoms with Crippen LogP contribution < -0.4 is 5.32 Å². The minimum Gasteiger partial charge on any atom is -0.480 e. The molecule has 0 unspecified atom stereocenters. The monoisotopic (exact) mass is 539 g/mol. The number of carbonyl (C=O) groups is 6. The molecule has 2 N–H and O–H groups in total. The minimum absolute atomic E-state index is 0.0795. The van der Waals surface area contributed by atoms with Gasteiger partial charge in [0.1, 0.15) is 18.8 Å². The predicted molar refractivity (Wildman–Crippen MR) is 123 cm³/mol. The van der Waals surface area contributed by atoms with Gasteiger partial charge in [-0.25, -0.2) is 9.59 Å². The van der Waals surface area contributed by atoms with E-state index in [-0.39, 0.29) is 6.42 Å². The van der Waals surface area contributed by atoms with E-state index in [0.29, 0.717) is 5.56 Å². The first-order valence-corrected chi connectivity index (χ1v) is 11.4. The molecule has 1 aromatic rings. The van der Waals surface area contributed by atoms with Gasteiger partial charge in [-0.1, -0.05) is 30.3 Å². The van der Waals surface area contributed by atoms with E-state index in [9.17, 15) is 33.9 Å². The number of aliphatic carboxylic acids is 1. The van der Waals surface area contributed by atoms with Crippen LogP contribution in [0.5, 0.6) is 0 Å². The molecule has 1 fully saturated rings. The van der Waals surface area contributed by atoms with Gasteiger partial charge in [-0.15, -0.1) is 0 Å². The van der Waals surface area contributed by atoms with Gasteiger partial charge < -0.3 is 38.8 Å². The van der Waals surface area contributed by atoms with Gasteiger partial charge >= 0.3 is 35.9 Å². The number of carboxylic acids is 1. The fourth-order valence-electron chi connectivity index (χ4n) is 3.62. The van der Waals surface area contributed by atoms with Crippen molar-refractivity contribution < 1.29 is 62.3 Å². The van der Waals surface area contributed by atoms with Gasteiger partial charge in [-0.3, -0.25) is 19.2 Å². The van der Waals surface area contributed by atoms with Crippen LogP contribution in [0, 0.1) is 0 Å². The van der Waals surface area contributed by atoms with E-state index in [0.717, 1.165) is 27.7 Å². The van der Waals surface area contributed by atoms with Gasteiger partial charge in [0.2, 0.25) is 12.4 Å². The lowest BCUT2D eigenvalue weighted by Gasteiger charge is -2.43. The van der Waals surface area contributed by atoms with Gasteiger partial charge in [0, 0.05) is 34.1 Å². The van der Waals surface area contributed by atoms with Crippen LogP contribution in [0.4, 0.5) is 4.79 Å². The van der Waals surface area contributed by atoms with Crippen molar-refractivity contribution in [2.24, 2.45) is 0 Å². The first-order valence-electron chi connectivity index (χ1n) is 11.4. The number of amides is 1. The summed E-state index contributed by atoms with van der Waals surface area (Å²) >= 11 is 0. The van der Waals surface area contributed by atoms with Crippen molar-refractivity contribution in [2.45, 2.75) is 70.9 Å². The number of esters is 4. The zero-order valence-corrected chi connectivity index (χ0v) is 21.1. The number of carboxylic acid groups (broad SMARTS) is 1. The highest BCUT2D eigenvalue weighted by molar-refractivity contribution is 5.80. The van der Waals surface area contributed by atoms with Crippen molar-refractivity contribution in [1.29, 1.82) is 0 Å². The molecule has 0 radical (unpaired) electrons. The third kappa shape index (κ3) is 9.35. The topological polar surface area (TPSA) is 190 Å². The minimum atomic E-state index is -1.79. The zero-order valence-electron chi connectivity index (χ0n) is 21.1. The summed E-state index contributed by atoms with van der Waals surface area (Å²) in [7, 11) is 0. The molecule has 14 heteroatoms. The maximum absolute atomic E-state index is 12.7. The average molecular weight is 539 g/mol. The molecule has 1 aromatic carbocycles. The van der Waals surface area contributed by atoms with Crippen LogP contribution in [0.25, 0.3) is 0 Å². The van der Waals surface area contributed by atoms with E-state index >= 15 is 0 Å². The molecule has 38 heavy (non-hydrogen) atoms. The van der Waals surface area contributed by atoms with Crippen LogP contribution in [-0.2, 0) is 58.8 Å². The van der Waals surface area contributed by atoms with Crippen molar-refractivity contribution in [3.8, 4) is 0 Å². The van der Waals surface area contributed by atoms with Crippen LogP contribution in [0.1, 0.15) is 33.3 Å². The van der Waals surface area contributed by atoms with Crippen LogP contribution in [-0.4, -0.2) is 84.4 Å². The van der Waals surface area contributed by atoms with Crippen LogP contribution in [0.3, 0.4) is 0 Å². The Labute approximate surface area is 217 Å². The lowest BCUT2D eigenvalue weighted by atomic mass is 9.98. The number of nitrogens with one attached hydrogen (secondary N) is 1. The Morgan fingerprint density at radius 1 is 0.816 bits per heavy atom. The molecule has 0 bridgehead atoms. The predicted octanol–water partition coefficient (Wildman–Crippen LogP) is 0.492. The van der Waals surface area contributed by atoms with Gasteiger partial charge in [-0.2, -0.15) is 0 Å². The molecule has 2 rings (SSSR count). The van der Waals surface area contributed by atoms with Gasteiger partial charge in [0.05, 0.1) is 0 Å². The second-order valence-electron chi connectivity index (χ2n) is 8.20. The van der Waals surface area contributed by atoms with Gasteiger partial charge in [0.25, 0.3) is 0 Å². The molecular weight excluding hydrogens is 510 g/mol. The molecule has 1 aliphatic heterocycles. The smallest absolute Gasteiger partial charge is 0.410 e. The van der Waals surface area contributed by atoms with Gasteiger partial charge in [0.15, 0.2) is 12.2 Å². The van der Waals surface area contributed by atoms with E-state index in [2.05, 4.69) is 5.32 Å². The lowest BCUT2D eigenvalue weighted by molar-refractivity contribution is -0.294. The summed E-state index contributed by atoms with van der Waals surface area (Å²) < 4.78 is 31.5. The van der Waals surface area contributed by atoms with Crippen LogP contribution >= 0.6 is 0 Å². The highest BCUT2D eigenvalue weighted by Crippen LogP contribution is 2.30. The normalized spacial score (nSPS) is 23.2. The van der Waals surface area contributed by atoms with E-state index in [1.807, 2.05) is 0 Å². The number of alkyl carbamates (subject to hydrolysis) is 1. The number of rotatable bonds is 10. The Balaban J connectivity index is 2.33. The van der Waals surface area contributed by atoms with E-state index in [1.54, 1.807) is 30.3 Å². The Morgan fingerprint density at radius 2 is 1.37 bits per heavy atom. The molecular formula is C24H29NO13. The molecule has 0 aliphatic carbocycles. The number of ether oxygens (including phenoxy) is 6. The fraction of sp³-hybridized carbons (Fsp3) is 0.500. The summed E-state index contributed by atoms with van der Waals surface area (Å²) in [4.78, 5) is 71.3. The molecule has 1 aliphatic rings. The molecule has 208 valence electrons. The van der Waals surface area contributed by atoms with E-state index in [4.69, 9.17) is 28.4 Å². The second kappa shape index (κ2) is 13.9. The Hall–Kier alpha value is -4.20. The Morgan fingerprint density at radius 3 is 1.89 bits per heavy atom.